The largest absolute Gasteiger partial charge is 0.368 e. The number of nitrogens with zero attached hydrogens (tertiary/aromatic N) is 1. The molecule has 4 heteroatoms. The second-order valence-corrected chi connectivity index (χ2v) is 6.59. The van der Waals surface area contributed by atoms with Crippen molar-refractivity contribution in [3.63, 3.8) is 0 Å². The lowest BCUT2D eigenvalue weighted by Crippen LogP contribution is -2.42. The Balaban J connectivity index is 2.12. The first-order valence-electron chi connectivity index (χ1n) is 8.78. The molecule has 3 rings (SSSR count). The number of amides is 2. The predicted octanol–water partition coefficient (Wildman–Crippen LogP) is 4.18. The fourth-order valence-corrected chi connectivity index (χ4v) is 3.00. The van der Waals surface area contributed by atoms with Gasteiger partial charge in [0.15, 0.2) is 0 Å². The summed E-state index contributed by atoms with van der Waals surface area (Å²) < 4.78 is 0. The molecule has 0 saturated carbocycles. The van der Waals surface area contributed by atoms with E-state index in [0.717, 1.165) is 11.1 Å². The molecule has 3 aromatic carbocycles. The van der Waals surface area contributed by atoms with Crippen LogP contribution in [0.25, 0.3) is 0 Å². The molecule has 0 aliphatic rings. The summed E-state index contributed by atoms with van der Waals surface area (Å²) in [5, 5.41) is 0. The zero-order valence-corrected chi connectivity index (χ0v) is 15.4. The first-order chi connectivity index (χ1) is 13.0. The van der Waals surface area contributed by atoms with Gasteiger partial charge in [-0.05, 0) is 43.7 Å². The van der Waals surface area contributed by atoms with Crippen molar-refractivity contribution < 1.29 is 9.59 Å². The SMILES string of the molecule is Cc1ccc(C(=O)N(c2ccccc2)C(C(N)=O)c2ccc(C)cc2)cc1. The molecule has 3 aromatic rings. The van der Waals surface area contributed by atoms with E-state index in [9.17, 15) is 9.59 Å². The minimum atomic E-state index is -0.901. The number of carbonyl (C=O) groups excluding carboxylic acids is 2. The van der Waals surface area contributed by atoms with E-state index in [1.807, 2.05) is 68.4 Å². The molecule has 0 aliphatic heterocycles. The highest BCUT2D eigenvalue weighted by Gasteiger charge is 2.31. The summed E-state index contributed by atoms with van der Waals surface area (Å²) in [5.41, 5.74) is 9.68. The summed E-state index contributed by atoms with van der Waals surface area (Å²) in [6.45, 7) is 3.93. The lowest BCUT2D eigenvalue weighted by Gasteiger charge is -2.30. The Labute approximate surface area is 159 Å². The van der Waals surface area contributed by atoms with Crippen LogP contribution in [0, 0.1) is 13.8 Å². The average Bonchev–Trinajstić information content (AvgIpc) is 2.67. The molecule has 2 N–H and O–H groups in total. The van der Waals surface area contributed by atoms with Gasteiger partial charge in [0, 0.05) is 11.3 Å². The number of carbonyl (C=O) groups is 2. The van der Waals surface area contributed by atoms with E-state index in [4.69, 9.17) is 5.73 Å². The van der Waals surface area contributed by atoms with Gasteiger partial charge in [-0.1, -0.05) is 65.7 Å². The van der Waals surface area contributed by atoms with Crippen LogP contribution in [-0.4, -0.2) is 11.8 Å². The highest BCUT2D eigenvalue weighted by molar-refractivity contribution is 6.10. The zero-order chi connectivity index (χ0) is 19.4. The number of nitrogens with two attached hydrogens (primary N) is 1. The van der Waals surface area contributed by atoms with Crippen LogP contribution in [0.2, 0.25) is 0 Å². The van der Waals surface area contributed by atoms with Gasteiger partial charge in [0.1, 0.15) is 6.04 Å². The molecule has 4 nitrogen and oxygen atoms in total. The van der Waals surface area contributed by atoms with Gasteiger partial charge in [-0.3, -0.25) is 14.5 Å². The Bertz CT molecular complexity index is 932. The van der Waals surface area contributed by atoms with Gasteiger partial charge in [-0.15, -0.1) is 0 Å². The first kappa shape index (κ1) is 18.4. The third kappa shape index (κ3) is 4.06. The second kappa shape index (κ2) is 7.87. The topological polar surface area (TPSA) is 63.4 Å². The maximum absolute atomic E-state index is 13.4. The van der Waals surface area contributed by atoms with Crippen LogP contribution in [0.1, 0.15) is 33.1 Å². The van der Waals surface area contributed by atoms with Crippen molar-refractivity contribution in [2.45, 2.75) is 19.9 Å². The number of primary amides is 1. The number of benzene rings is 3. The molecule has 0 aliphatic carbocycles. The molecule has 1 atom stereocenters. The molecular formula is C23H22N2O2. The number of hydrogen-bond acceptors (Lipinski definition) is 2. The van der Waals surface area contributed by atoms with Crippen molar-refractivity contribution >= 4 is 17.5 Å². The van der Waals surface area contributed by atoms with Crippen LogP contribution in [-0.2, 0) is 4.79 Å². The smallest absolute Gasteiger partial charge is 0.259 e. The normalized spacial score (nSPS) is 11.6. The number of rotatable bonds is 5. The molecule has 27 heavy (non-hydrogen) atoms. The van der Waals surface area contributed by atoms with Crippen molar-refractivity contribution in [2.24, 2.45) is 5.73 Å². The molecule has 0 fully saturated rings. The highest BCUT2D eigenvalue weighted by atomic mass is 16.2. The quantitative estimate of drug-likeness (QED) is 0.744. The van der Waals surface area contributed by atoms with E-state index in [2.05, 4.69) is 0 Å². The van der Waals surface area contributed by atoms with Crippen molar-refractivity contribution in [1.29, 1.82) is 0 Å². The molecule has 0 saturated heterocycles. The highest BCUT2D eigenvalue weighted by Crippen LogP contribution is 2.29. The third-order valence-corrected chi connectivity index (χ3v) is 4.47. The van der Waals surface area contributed by atoms with Crippen LogP contribution in [0.5, 0.6) is 0 Å². The van der Waals surface area contributed by atoms with Gasteiger partial charge >= 0.3 is 0 Å². The van der Waals surface area contributed by atoms with Gasteiger partial charge in [-0.2, -0.15) is 0 Å². The van der Waals surface area contributed by atoms with Crippen LogP contribution in [0.3, 0.4) is 0 Å². The molecule has 0 heterocycles. The number of hydrogen-bond donors (Lipinski definition) is 1. The molecule has 0 aromatic heterocycles. The van der Waals surface area contributed by atoms with E-state index in [1.54, 1.807) is 24.3 Å². The van der Waals surface area contributed by atoms with Gasteiger partial charge in [-0.25, -0.2) is 0 Å². The molecule has 0 spiro atoms. The predicted molar refractivity (Wildman–Crippen MR) is 108 cm³/mol. The number of anilines is 1. The summed E-state index contributed by atoms with van der Waals surface area (Å²) in [5.74, 6) is -0.853. The molecule has 136 valence electrons. The maximum atomic E-state index is 13.4. The summed E-state index contributed by atoms with van der Waals surface area (Å²) >= 11 is 0. The fourth-order valence-electron chi connectivity index (χ4n) is 3.00. The van der Waals surface area contributed by atoms with Gasteiger partial charge < -0.3 is 5.73 Å². The summed E-state index contributed by atoms with van der Waals surface area (Å²) in [4.78, 5) is 27.2. The number of para-hydroxylation sites is 1. The zero-order valence-electron chi connectivity index (χ0n) is 15.4. The minimum Gasteiger partial charge on any atom is -0.368 e. The van der Waals surface area contributed by atoms with E-state index in [1.165, 1.54) is 4.90 Å². The standard InChI is InChI=1S/C23H22N2O2/c1-16-8-12-18(13-9-16)21(22(24)26)25(20-6-4-3-5-7-20)23(27)19-14-10-17(2)11-15-19/h3-15,21H,1-2H3,(H2,24,26). The van der Waals surface area contributed by atoms with Crippen LogP contribution < -0.4 is 10.6 Å². The number of aryl methyl sites for hydroxylation is 2. The van der Waals surface area contributed by atoms with Gasteiger partial charge in [0.25, 0.3) is 5.91 Å². The Morgan fingerprint density at radius 1 is 0.778 bits per heavy atom. The van der Waals surface area contributed by atoms with Crippen molar-refractivity contribution in [3.8, 4) is 0 Å². The first-order valence-corrected chi connectivity index (χ1v) is 8.78. The van der Waals surface area contributed by atoms with E-state index >= 15 is 0 Å². The molecule has 0 radical (unpaired) electrons. The molecule has 1 unspecified atom stereocenters. The molecule has 0 bridgehead atoms. The third-order valence-electron chi connectivity index (χ3n) is 4.47. The monoisotopic (exact) mass is 358 g/mol. The van der Waals surface area contributed by atoms with Gasteiger partial charge in [0.2, 0.25) is 5.91 Å². The minimum absolute atomic E-state index is 0.273. The second-order valence-electron chi connectivity index (χ2n) is 6.59. The summed E-state index contributed by atoms with van der Waals surface area (Å²) in [6.07, 6.45) is 0. The molecular weight excluding hydrogens is 336 g/mol. The lowest BCUT2D eigenvalue weighted by molar-refractivity contribution is -0.119. The van der Waals surface area contributed by atoms with Crippen LogP contribution in [0.15, 0.2) is 78.9 Å². The van der Waals surface area contributed by atoms with Crippen molar-refractivity contribution in [3.05, 3.63) is 101 Å². The summed E-state index contributed by atoms with van der Waals surface area (Å²) in [6, 6.07) is 23.0. The lowest BCUT2D eigenvalue weighted by atomic mass is 10.0. The average molecular weight is 358 g/mol. The Hall–Kier alpha value is -3.40. The Morgan fingerprint density at radius 2 is 1.30 bits per heavy atom. The molecule has 2 amide bonds. The van der Waals surface area contributed by atoms with E-state index in [0.29, 0.717) is 16.8 Å². The maximum Gasteiger partial charge on any atom is 0.259 e. The van der Waals surface area contributed by atoms with Crippen LogP contribution >= 0.6 is 0 Å². The van der Waals surface area contributed by atoms with Gasteiger partial charge in [0.05, 0.1) is 0 Å². The van der Waals surface area contributed by atoms with E-state index < -0.39 is 11.9 Å². The Kier molecular flexibility index (Phi) is 5.36. The van der Waals surface area contributed by atoms with Crippen molar-refractivity contribution in [1.82, 2.24) is 0 Å². The fraction of sp³-hybridized carbons (Fsp3) is 0.130. The Morgan fingerprint density at radius 3 is 1.81 bits per heavy atom. The van der Waals surface area contributed by atoms with Crippen molar-refractivity contribution in [2.75, 3.05) is 4.90 Å². The van der Waals surface area contributed by atoms with E-state index in [-0.39, 0.29) is 5.91 Å². The summed E-state index contributed by atoms with van der Waals surface area (Å²) in [7, 11) is 0. The van der Waals surface area contributed by atoms with Crippen LogP contribution in [0.4, 0.5) is 5.69 Å².